The van der Waals surface area contributed by atoms with Crippen LogP contribution in [0.3, 0.4) is 0 Å². The Labute approximate surface area is 149 Å². The minimum Gasteiger partial charge on any atom is -0.493 e. The minimum absolute atomic E-state index is 0.167. The van der Waals surface area contributed by atoms with Gasteiger partial charge in [-0.05, 0) is 36.8 Å². The fourth-order valence-corrected chi connectivity index (χ4v) is 2.10. The van der Waals surface area contributed by atoms with E-state index in [0.717, 1.165) is 24.6 Å². The highest BCUT2D eigenvalue weighted by Gasteiger charge is 2.18. The summed E-state index contributed by atoms with van der Waals surface area (Å²) >= 11 is 0. The van der Waals surface area contributed by atoms with Crippen LogP contribution in [-0.2, 0) is 0 Å². The Kier molecular flexibility index (Phi) is 6.48. The van der Waals surface area contributed by atoms with E-state index in [-0.39, 0.29) is 5.56 Å². The second-order valence-corrected chi connectivity index (χ2v) is 5.22. The average molecular weight is 364 g/mol. The maximum Gasteiger partial charge on any atom is 0.275 e. The van der Waals surface area contributed by atoms with Crippen LogP contribution in [0.1, 0.15) is 34.1 Å². The number of rotatable bonds is 6. The van der Waals surface area contributed by atoms with Gasteiger partial charge in [-0.3, -0.25) is 20.4 Å². The molecule has 26 heavy (non-hydrogen) atoms. The van der Waals surface area contributed by atoms with E-state index in [1.54, 1.807) is 6.07 Å². The zero-order valence-electron chi connectivity index (χ0n) is 14.3. The van der Waals surface area contributed by atoms with Crippen molar-refractivity contribution in [3.05, 3.63) is 59.2 Å². The third-order valence-electron chi connectivity index (χ3n) is 3.37. The summed E-state index contributed by atoms with van der Waals surface area (Å²) in [4.78, 5) is 24.0. The van der Waals surface area contributed by atoms with Gasteiger partial charge in [-0.1, -0.05) is 13.0 Å². The number of hydrogen-bond donors (Lipinski definition) is 2. The molecule has 0 aliphatic carbocycles. The van der Waals surface area contributed by atoms with Gasteiger partial charge in [0.2, 0.25) is 0 Å². The second-order valence-electron chi connectivity index (χ2n) is 5.22. The summed E-state index contributed by atoms with van der Waals surface area (Å²) in [7, 11) is 1.43. The molecule has 0 atom stereocenters. The van der Waals surface area contributed by atoms with E-state index in [2.05, 4.69) is 5.43 Å². The van der Waals surface area contributed by atoms with Crippen molar-refractivity contribution >= 4 is 11.8 Å². The number of amides is 2. The number of halogens is 2. The van der Waals surface area contributed by atoms with Crippen molar-refractivity contribution in [1.29, 1.82) is 0 Å². The monoisotopic (exact) mass is 364 g/mol. The molecule has 0 bridgehead atoms. The second kappa shape index (κ2) is 8.80. The van der Waals surface area contributed by atoms with Gasteiger partial charge in [0.1, 0.15) is 17.2 Å². The Morgan fingerprint density at radius 1 is 1.00 bits per heavy atom. The van der Waals surface area contributed by atoms with Crippen LogP contribution in [0, 0.1) is 11.6 Å². The molecule has 0 radical (unpaired) electrons. The molecule has 8 heteroatoms. The molecule has 2 amide bonds. The Morgan fingerprint density at radius 3 is 2.27 bits per heavy atom. The molecule has 2 rings (SSSR count). The first-order chi connectivity index (χ1) is 12.5. The number of benzene rings is 2. The maximum atomic E-state index is 13.5. The van der Waals surface area contributed by atoms with Crippen LogP contribution in [0.4, 0.5) is 8.78 Å². The van der Waals surface area contributed by atoms with Crippen molar-refractivity contribution in [2.24, 2.45) is 0 Å². The van der Waals surface area contributed by atoms with Crippen LogP contribution in [-0.4, -0.2) is 25.5 Å². The van der Waals surface area contributed by atoms with Crippen molar-refractivity contribution in [2.45, 2.75) is 13.3 Å². The summed E-state index contributed by atoms with van der Waals surface area (Å²) in [5.41, 5.74) is 3.46. The van der Waals surface area contributed by atoms with Gasteiger partial charge in [0.15, 0.2) is 11.5 Å². The SMILES string of the molecule is CCCOc1ccc(C(=O)NNC(=O)c2c(F)cccc2F)cc1OC. The van der Waals surface area contributed by atoms with Crippen molar-refractivity contribution in [1.82, 2.24) is 10.9 Å². The van der Waals surface area contributed by atoms with Crippen molar-refractivity contribution in [2.75, 3.05) is 13.7 Å². The number of hydrogen-bond acceptors (Lipinski definition) is 4. The Bertz CT molecular complexity index is 792. The van der Waals surface area contributed by atoms with E-state index < -0.39 is 29.0 Å². The van der Waals surface area contributed by atoms with Crippen LogP contribution >= 0.6 is 0 Å². The lowest BCUT2D eigenvalue weighted by molar-refractivity contribution is 0.0841. The quantitative estimate of drug-likeness (QED) is 0.773. The molecule has 2 aromatic carbocycles. The number of methoxy groups -OCH3 is 1. The molecule has 0 saturated heterocycles. The molecule has 0 unspecified atom stereocenters. The van der Waals surface area contributed by atoms with Crippen molar-refractivity contribution in [3.63, 3.8) is 0 Å². The van der Waals surface area contributed by atoms with Gasteiger partial charge in [-0.15, -0.1) is 0 Å². The summed E-state index contributed by atoms with van der Waals surface area (Å²) in [6.45, 7) is 2.45. The molecule has 2 aromatic rings. The number of carbonyl (C=O) groups is 2. The van der Waals surface area contributed by atoms with Crippen LogP contribution < -0.4 is 20.3 Å². The summed E-state index contributed by atoms with van der Waals surface area (Å²) in [6.07, 6.45) is 0.810. The molecule has 0 aliphatic rings. The smallest absolute Gasteiger partial charge is 0.275 e. The van der Waals surface area contributed by atoms with E-state index in [4.69, 9.17) is 9.47 Å². The molecular weight excluding hydrogens is 346 g/mol. The Balaban J connectivity index is 2.07. The molecule has 0 saturated carbocycles. The predicted molar refractivity (Wildman–Crippen MR) is 90.1 cm³/mol. The molecule has 0 fully saturated rings. The fraction of sp³-hybridized carbons (Fsp3) is 0.222. The van der Waals surface area contributed by atoms with Crippen LogP contribution in [0.25, 0.3) is 0 Å². The van der Waals surface area contributed by atoms with Gasteiger partial charge in [0.05, 0.1) is 13.7 Å². The Morgan fingerprint density at radius 2 is 1.65 bits per heavy atom. The highest BCUT2D eigenvalue weighted by Crippen LogP contribution is 2.28. The van der Waals surface area contributed by atoms with Gasteiger partial charge in [-0.2, -0.15) is 0 Å². The molecule has 2 N–H and O–H groups in total. The minimum atomic E-state index is -1.11. The zero-order chi connectivity index (χ0) is 19.1. The molecule has 6 nitrogen and oxygen atoms in total. The number of ether oxygens (including phenoxy) is 2. The molecule has 0 spiro atoms. The highest BCUT2D eigenvalue weighted by molar-refractivity contribution is 5.99. The first-order valence-corrected chi connectivity index (χ1v) is 7.83. The van der Waals surface area contributed by atoms with E-state index in [1.807, 2.05) is 12.3 Å². The largest absolute Gasteiger partial charge is 0.493 e. The highest BCUT2D eigenvalue weighted by atomic mass is 19.1. The lowest BCUT2D eigenvalue weighted by atomic mass is 10.2. The summed E-state index contributed by atoms with van der Waals surface area (Å²) in [5, 5.41) is 0. The van der Waals surface area contributed by atoms with Crippen molar-refractivity contribution < 1.29 is 27.8 Å². The molecule has 0 heterocycles. The normalized spacial score (nSPS) is 10.2. The number of carbonyl (C=O) groups excluding carboxylic acids is 2. The zero-order valence-corrected chi connectivity index (χ0v) is 14.3. The molecule has 0 aliphatic heterocycles. The lowest BCUT2D eigenvalue weighted by Gasteiger charge is -2.12. The van der Waals surface area contributed by atoms with Gasteiger partial charge in [0, 0.05) is 5.56 Å². The first-order valence-electron chi connectivity index (χ1n) is 7.83. The first kappa shape index (κ1) is 19.2. The van der Waals surface area contributed by atoms with Gasteiger partial charge < -0.3 is 9.47 Å². The van der Waals surface area contributed by atoms with Crippen LogP contribution in [0.5, 0.6) is 11.5 Å². The van der Waals surface area contributed by atoms with E-state index >= 15 is 0 Å². The van der Waals surface area contributed by atoms with Crippen LogP contribution in [0.15, 0.2) is 36.4 Å². The number of nitrogens with one attached hydrogen (secondary N) is 2. The van der Waals surface area contributed by atoms with Gasteiger partial charge >= 0.3 is 0 Å². The van der Waals surface area contributed by atoms with Gasteiger partial charge in [0.25, 0.3) is 11.8 Å². The average Bonchev–Trinajstić information content (AvgIpc) is 2.64. The third kappa shape index (κ3) is 4.47. The summed E-state index contributed by atoms with van der Waals surface area (Å²) in [5.74, 6) is -3.04. The van der Waals surface area contributed by atoms with Crippen molar-refractivity contribution in [3.8, 4) is 11.5 Å². The Hall–Kier alpha value is -3.16. The topological polar surface area (TPSA) is 76.7 Å². The van der Waals surface area contributed by atoms with E-state index in [0.29, 0.717) is 18.1 Å². The number of hydrazine groups is 1. The van der Waals surface area contributed by atoms with E-state index in [1.165, 1.54) is 19.2 Å². The molecule has 138 valence electrons. The standard InChI is InChI=1S/C18H18F2N2O4/c1-3-9-26-14-8-7-11(10-15(14)25-2)17(23)21-22-18(24)16-12(19)5-4-6-13(16)20/h4-8,10H,3,9H2,1-2H3,(H,21,23)(H,22,24). The van der Waals surface area contributed by atoms with E-state index in [9.17, 15) is 18.4 Å². The fourth-order valence-electron chi connectivity index (χ4n) is 2.10. The molecule has 0 aromatic heterocycles. The van der Waals surface area contributed by atoms with Crippen LogP contribution in [0.2, 0.25) is 0 Å². The third-order valence-corrected chi connectivity index (χ3v) is 3.37. The summed E-state index contributed by atoms with van der Waals surface area (Å²) < 4.78 is 37.8. The maximum absolute atomic E-state index is 13.5. The predicted octanol–water partition coefficient (Wildman–Crippen LogP) is 2.84. The lowest BCUT2D eigenvalue weighted by Crippen LogP contribution is -2.42. The van der Waals surface area contributed by atoms with Gasteiger partial charge in [-0.25, -0.2) is 8.78 Å². The summed E-state index contributed by atoms with van der Waals surface area (Å²) in [6, 6.07) is 7.48. The molecular formula is C18H18F2N2O4.